The molecule has 0 bridgehead atoms. The molecule has 2 aliphatic rings. The molecule has 0 aromatic heterocycles. The Kier molecular flexibility index (Phi) is 6.67. The molecule has 0 amide bonds. The van der Waals surface area contributed by atoms with Gasteiger partial charge in [-0.1, -0.05) is 44.7 Å². The molecule has 1 aromatic carbocycles. The summed E-state index contributed by atoms with van der Waals surface area (Å²) in [6.07, 6.45) is 13.3. The number of unbranched alkanes of at least 4 members (excludes halogenated alkanes) is 2. The van der Waals surface area contributed by atoms with E-state index in [1.54, 1.807) is 6.07 Å². The molecule has 1 nitrogen and oxygen atoms in total. The lowest BCUT2D eigenvalue weighted by Gasteiger charge is -2.29. The number of benzene rings is 1. The van der Waals surface area contributed by atoms with Crippen molar-refractivity contribution < 1.29 is 9.18 Å². The smallest absolute Gasteiger partial charge is 0.132 e. The van der Waals surface area contributed by atoms with Gasteiger partial charge in [-0.05, 0) is 73.5 Å². The molecule has 0 unspecified atom stereocenters. The molecule has 1 aromatic rings. The summed E-state index contributed by atoms with van der Waals surface area (Å²) in [6.45, 7) is 2.26. The number of halogens is 1. The van der Waals surface area contributed by atoms with E-state index in [-0.39, 0.29) is 11.7 Å². The maximum Gasteiger partial charge on any atom is 0.132 e. The first-order valence-electron chi connectivity index (χ1n) is 10.5. The summed E-state index contributed by atoms with van der Waals surface area (Å²) in [4.78, 5) is 11.4. The molecule has 0 spiro atoms. The topological polar surface area (TPSA) is 17.1 Å². The Labute approximate surface area is 152 Å². The third-order valence-corrected chi connectivity index (χ3v) is 6.54. The minimum atomic E-state index is -0.0399. The highest BCUT2D eigenvalue weighted by molar-refractivity contribution is 5.79. The zero-order valence-corrected chi connectivity index (χ0v) is 15.7. The van der Waals surface area contributed by atoms with Crippen molar-refractivity contribution in [2.24, 2.45) is 5.92 Å². The summed E-state index contributed by atoms with van der Waals surface area (Å²) in [6, 6.07) is 5.98. The molecule has 0 saturated heterocycles. The maximum absolute atomic E-state index is 14.7. The van der Waals surface area contributed by atoms with Gasteiger partial charge in [0.15, 0.2) is 0 Å². The van der Waals surface area contributed by atoms with E-state index in [1.165, 1.54) is 56.9 Å². The van der Waals surface area contributed by atoms with E-state index in [0.29, 0.717) is 24.5 Å². The van der Waals surface area contributed by atoms with Crippen molar-refractivity contribution in [3.05, 3.63) is 35.1 Å². The molecule has 0 N–H and O–H groups in total. The summed E-state index contributed by atoms with van der Waals surface area (Å²) in [5.74, 6) is 1.97. The van der Waals surface area contributed by atoms with Gasteiger partial charge in [0.2, 0.25) is 0 Å². The summed E-state index contributed by atoms with van der Waals surface area (Å²) in [5.41, 5.74) is 2.03. The molecule has 0 radical (unpaired) electrons. The van der Waals surface area contributed by atoms with Gasteiger partial charge in [0.1, 0.15) is 11.6 Å². The van der Waals surface area contributed by atoms with Gasteiger partial charge in [-0.15, -0.1) is 0 Å². The Balaban J connectivity index is 1.55. The highest BCUT2D eigenvalue weighted by atomic mass is 19.1. The van der Waals surface area contributed by atoms with Gasteiger partial charge in [-0.25, -0.2) is 4.39 Å². The number of carbonyl (C=O) groups excluding carboxylic acids is 1. The molecular weight excluding hydrogens is 311 g/mol. The van der Waals surface area contributed by atoms with Gasteiger partial charge >= 0.3 is 0 Å². The fourth-order valence-corrected chi connectivity index (χ4v) is 4.85. The minimum Gasteiger partial charge on any atom is -0.300 e. The van der Waals surface area contributed by atoms with E-state index in [0.717, 1.165) is 24.3 Å². The highest BCUT2D eigenvalue weighted by Crippen LogP contribution is 2.39. The standard InChI is InChI=1S/C23H33FO/c1-2-3-4-5-17-6-8-18(9-7-17)20-12-15-22(23(24)16-20)19-10-13-21(25)14-11-19/h12,15-19H,2-11,13-14H2,1H3. The predicted octanol–water partition coefficient (Wildman–Crippen LogP) is 6.91. The molecule has 0 aliphatic heterocycles. The number of hydrogen-bond acceptors (Lipinski definition) is 1. The largest absolute Gasteiger partial charge is 0.300 e. The first-order chi connectivity index (χ1) is 12.2. The van der Waals surface area contributed by atoms with Gasteiger partial charge in [-0.3, -0.25) is 4.79 Å². The van der Waals surface area contributed by atoms with Crippen LogP contribution in [0.5, 0.6) is 0 Å². The molecule has 2 heteroatoms. The van der Waals surface area contributed by atoms with Crippen LogP contribution in [-0.2, 0) is 4.79 Å². The van der Waals surface area contributed by atoms with Crippen LogP contribution in [-0.4, -0.2) is 5.78 Å². The van der Waals surface area contributed by atoms with Crippen molar-refractivity contribution >= 4 is 5.78 Å². The average Bonchev–Trinajstić information content (AvgIpc) is 2.63. The average molecular weight is 345 g/mol. The van der Waals surface area contributed by atoms with Crippen molar-refractivity contribution in [2.75, 3.05) is 0 Å². The van der Waals surface area contributed by atoms with Crippen LogP contribution < -0.4 is 0 Å². The van der Waals surface area contributed by atoms with Crippen LogP contribution in [0.2, 0.25) is 0 Å². The molecule has 0 heterocycles. The molecule has 2 aliphatic carbocycles. The zero-order chi connectivity index (χ0) is 17.6. The van der Waals surface area contributed by atoms with Crippen molar-refractivity contribution in [3.63, 3.8) is 0 Å². The van der Waals surface area contributed by atoms with E-state index >= 15 is 0 Å². The Morgan fingerprint density at radius 2 is 1.68 bits per heavy atom. The van der Waals surface area contributed by atoms with Gasteiger partial charge in [0.05, 0.1) is 0 Å². The first-order valence-corrected chi connectivity index (χ1v) is 10.5. The molecule has 3 rings (SSSR count). The predicted molar refractivity (Wildman–Crippen MR) is 101 cm³/mol. The van der Waals surface area contributed by atoms with Crippen LogP contribution in [0.25, 0.3) is 0 Å². The number of rotatable bonds is 6. The van der Waals surface area contributed by atoms with E-state index in [9.17, 15) is 9.18 Å². The molecule has 0 atom stereocenters. The van der Waals surface area contributed by atoms with Crippen LogP contribution in [0.3, 0.4) is 0 Å². The number of Topliss-reactive ketones (excluding diaryl/α,β-unsaturated/α-hetero) is 1. The molecular formula is C23H33FO. The molecule has 2 fully saturated rings. The Morgan fingerprint density at radius 3 is 2.32 bits per heavy atom. The molecule has 25 heavy (non-hydrogen) atoms. The maximum atomic E-state index is 14.7. The normalized spacial score (nSPS) is 25.3. The SMILES string of the molecule is CCCCCC1CCC(c2ccc(C3CCC(=O)CC3)c(F)c2)CC1. The van der Waals surface area contributed by atoms with Gasteiger partial charge in [0, 0.05) is 12.8 Å². The fraction of sp³-hybridized carbons (Fsp3) is 0.696. The molecule has 138 valence electrons. The van der Waals surface area contributed by atoms with Crippen molar-refractivity contribution in [1.29, 1.82) is 0 Å². The quantitative estimate of drug-likeness (QED) is 0.513. The summed E-state index contributed by atoms with van der Waals surface area (Å²) < 4.78 is 14.7. The van der Waals surface area contributed by atoms with Gasteiger partial charge in [0.25, 0.3) is 0 Å². The van der Waals surface area contributed by atoms with Gasteiger partial charge in [-0.2, -0.15) is 0 Å². The van der Waals surface area contributed by atoms with Crippen LogP contribution in [0, 0.1) is 11.7 Å². The van der Waals surface area contributed by atoms with Crippen molar-refractivity contribution in [1.82, 2.24) is 0 Å². The van der Waals surface area contributed by atoms with E-state index in [1.807, 2.05) is 6.07 Å². The minimum absolute atomic E-state index is 0.0399. The van der Waals surface area contributed by atoms with Crippen LogP contribution in [0.1, 0.15) is 107 Å². The molecule has 2 saturated carbocycles. The van der Waals surface area contributed by atoms with E-state index < -0.39 is 0 Å². The lowest BCUT2D eigenvalue weighted by Crippen LogP contribution is -2.15. The second kappa shape index (κ2) is 8.96. The van der Waals surface area contributed by atoms with Crippen LogP contribution in [0.15, 0.2) is 18.2 Å². The second-order valence-electron chi connectivity index (χ2n) is 8.31. The third kappa shape index (κ3) is 4.92. The van der Waals surface area contributed by atoms with E-state index in [2.05, 4.69) is 13.0 Å². The van der Waals surface area contributed by atoms with Crippen molar-refractivity contribution in [3.8, 4) is 0 Å². The Hall–Kier alpha value is -1.18. The van der Waals surface area contributed by atoms with Crippen molar-refractivity contribution in [2.45, 2.75) is 95.8 Å². The van der Waals surface area contributed by atoms with E-state index in [4.69, 9.17) is 0 Å². The number of hydrogen-bond donors (Lipinski definition) is 0. The number of carbonyl (C=O) groups is 1. The van der Waals surface area contributed by atoms with Crippen LogP contribution in [0.4, 0.5) is 4.39 Å². The second-order valence-corrected chi connectivity index (χ2v) is 8.31. The summed E-state index contributed by atoms with van der Waals surface area (Å²) in [7, 11) is 0. The van der Waals surface area contributed by atoms with Crippen LogP contribution >= 0.6 is 0 Å². The number of ketones is 1. The highest BCUT2D eigenvalue weighted by Gasteiger charge is 2.25. The lowest BCUT2D eigenvalue weighted by atomic mass is 9.76. The first kappa shape index (κ1) is 18.6. The third-order valence-electron chi connectivity index (χ3n) is 6.54. The van der Waals surface area contributed by atoms with Gasteiger partial charge < -0.3 is 0 Å². The Bertz CT molecular complexity index is 561. The lowest BCUT2D eigenvalue weighted by molar-refractivity contribution is -0.120. The fourth-order valence-electron chi connectivity index (χ4n) is 4.85. The zero-order valence-electron chi connectivity index (χ0n) is 15.7. The Morgan fingerprint density at radius 1 is 0.960 bits per heavy atom. The summed E-state index contributed by atoms with van der Waals surface area (Å²) >= 11 is 0. The monoisotopic (exact) mass is 344 g/mol. The summed E-state index contributed by atoms with van der Waals surface area (Å²) in [5, 5.41) is 0.